The van der Waals surface area contributed by atoms with Crippen molar-refractivity contribution in [3.8, 4) is 0 Å². The maximum Gasteiger partial charge on any atom is 0.375 e. The normalized spacial score (nSPS) is 11.2. The number of carboxylic acids is 1. The molecule has 176 valence electrons. The van der Waals surface area contributed by atoms with Gasteiger partial charge in [0.25, 0.3) is 0 Å². The van der Waals surface area contributed by atoms with Crippen molar-refractivity contribution in [2.45, 2.75) is 46.3 Å². The molecule has 0 atom stereocenters. The Kier molecular flexibility index (Phi) is 8.63. The molecular weight excluding hydrogens is 469 g/mol. The van der Waals surface area contributed by atoms with Crippen molar-refractivity contribution in [1.82, 2.24) is 0 Å². The molecule has 0 spiro atoms. The molecule has 1 N–H and O–H groups in total. The predicted octanol–water partition coefficient (Wildman–Crippen LogP) is 5.16. The second-order valence-electron chi connectivity index (χ2n) is 8.33. The highest BCUT2D eigenvalue weighted by atomic mass is 35.5. The molecule has 2 aromatic carbocycles. The van der Waals surface area contributed by atoms with Crippen molar-refractivity contribution in [2.75, 3.05) is 4.90 Å². The summed E-state index contributed by atoms with van der Waals surface area (Å²) in [5.41, 5.74) is -0.0845. The summed E-state index contributed by atoms with van der Waals surface area (Å²) in [6, 6.07) is 10.5. The van der Waals surface area contributed by atoms with Crippen LogP contribution < -0.4 is 4.90 Å². The van der Waals surface area contributed by atoms with Gasteiger partial charge in [0, 0.05) is 5.69 Å². The summed E-state index contributed by atoms with van der Waals surface area (Å²) in [7, 11) is 0. The molecule has 0 aliphatic rings. The molecule has 0 heterocycles. The van der Waals surface area contributed by atoms with Crippen LogP contribution in [0.15, 0.2) is 42.5 Å². The number of rotatable bonds is 9. The van der Waals surface area contributed by atoms with Crippen LogP contribution in [-0.4, -0.2) is 34.3 Å². The van der Waals surface area contributed by atoms with E-state index >= 15 is 0 Å². The van der Waals surface area contributed by atoms with E-state index in [9.17, 15) is 24.3 Å². The highest BCUT2D eigenvalue weighted by Crippen LogP contribution is 2.26. The van der Waals surface area contributed by atoms with Gasteiger partial charge in [0.1, 0.15) is 5.60 Å². The average molecular weight is 494 g/mol. The van der Waals surface area contributed by atoms with E-state index in [1.807, 2.05) is 13.8 Å². The third-order valence-electron chi connectivity index (χ3n) is 5.32. The van der Waals surface area contributed by atoms with Gasteiger partial charge in [-0.25, -0.2) is 9.59 Å². The molecule has 2 rings (SSSR count). The molecule has 2 aromatic rings. The van der Waals surface area contributed by atoms with Gasteiger partial charge in [0.05, 0.1) is 28.6 Å². The van der Waals surface area contributed by atoms with E-state index in [0.29, 0.717) is 10.6 Å². The number of halogens is 2. The summed E-state index contributed by atoms with van der Waals surface area (Å²) < 4.78 is 5.28. The summed E-state index contributed by atoms with van der Waals surface area (Å²) in [6.45, 7) is 7.02. The van der Waals surface area contributed by atoms with E-state index in [4.69, 9.17) is 27.9 Å². The molecule has 0 unspecified atom stereocenters. The molecular formula is C24H25Cl2NO6. The minimum absolute atomic E-state index is 0.0292. The maximum absolute atomic E-state index is 13.1. The lowest BCUT2D eigenvalue weighted by molar-refractivity contribution is -0.167. The number of carboxylic acid groups (broad SMARTS) is 1. The van der Waals surface area contributed by atoms with Gasteiger partial charge in [-0.1, -0.05) is 49.2 Å². The molecule has 0 aliphatic carbocycles. The quantitative estimate of drug-likeness (QED) is 0.294. The summed E-state index contributed by atoms with van der Waals surface area (Å²) >= 11 is 12.0. The van der Waals surface area contributed by atoms with E-state index < -0.39 is 35.7 Å². The minimum atomic E-state index is -1.17. The molecule has 33 heavy (non-hydrogen) atoms. The van der Waals surface area contributed by atoms with Crippen LogP contribution in [0.3, 0.4) is 0 Å². The predicted molar refractivity (Wildman–Crippen MR) is 126 cm³/mol. The van der Waals surface area contributed by atoms with Crippen LogP contribution in [0.5, 0.6) is 0 Å². The fraction of sp³-hybridized carbons (Fsp3) is 0.333. The Hall–Kier alpha value is -2.90. The van der Waals surface area contributed by atoms with Crippen LogP contribution in [-0.2, 0) is 25.7 Å². The molecule has 0 fully saturated rings. The number of ketones is 1. The molecule has 0 aromatic heterocycles. The van der Waals surface area contributed by atoms with Crippen molar-refractivity contribution < 1.29 is 29.0 Å². The largest absolute Gasteiger partial charge is 0.478 e. The van der Waals surface area contributed by atoms with Crippen molar-refractivity contribution in [2.24, 2.45) is 5.92 Å². The second kappa shape index (κ2) is 10.8. The fourth-order valence-electron chi connectivity index (χ4n) is 2.67. The first kappa shape index (κ1) is 26.4. The summed E-state index contributed by atoms with van der Waals surface area (Å²) in [6.07, 6.45) is -0.744. The van der Waals surface area contributed by atoms with Crippen LogP contribution >= 0.6 is 23.2 Å². The fourth-order valence-corrected chi connectivity index (χ4v) is 2.99. The van der Waals surface area contributed by atoms with Crippen molar-refractivity contribution in [3.63, 3.8) is 0 Å². The number of Topliss-reactive ketones (excluding diaryl/α,β-unsaturated/α-hetero) is 1. The molecule has 0 bridgehead atoms. The zero-order valence-electron chi connectivity index (χ0n) is 18.7. The summed E-state index contributed by atoms with van der Waals surface area (Å²) in [4.78, 5) is 50.4. The lowest BCUT2D eigenvalue weighted by Crippen LogP contribution is -2.38. The lowest BCUT2D eigenvalue weighted by Gasteiger charge is -2.29. The van der Waals surface area contributed by atoms with E-state index in [1.54, 1.807) is 32.0 Å². The van der Waals surface area contributed by atoms with Gasteiger partial charge in [0.15, 0.2) is 0 Å². The zero-order valence-corrected chi connectivity index (χ0v) is 20.2. The number of hydrogen-bond donors (Lipinski definition) is 1. The molecule has 0 aliphatic heterocycles. The number of aromatic carboxylic acids is 1. The summed E-state index contributed by atoms with van der Waals surface area (Å²) in [5, 5.41) is 9.91. The van der Waals surface area contributed by atoms with Gasteiger partial charge in [-0.2, -0.15) is 0 Å². The molecule has 9 heteroatoms. The molecule has 0 saturated carbocycles. The first-order chi connectivity index (χ1) is 15.3. The van der Waals surface area contributed by atoms with Gasteiger partial charge in [0.2, 0.25) is 11.7 Å². The van der Waals surface area contributed by atoms with Crippen LogP contribution in [0.4, 0.5) is 5.69 Å². The third-order valence-corrected chi connectivity index (χ3v) is 6.06. The Bertz CT molecular complexity index is 1080. The van der Waals surface area contributed by atoms with E-state index in [1.165, 1.54) is 29.2 Å². The topological polar surface area (TPSA) is 101 Å². The Morgan fingerprint density at radius 2 is 1.70 bits per heavy atom. The number of carbonyl (C=O) groups excluding carboxylic acids is 3. The first-order valence-electron chi connectivity index (χ1n) is 10.2. The number of nitrogens with zero attached hydrogens (tertiary/aromatic N) is 1. The highest BCUT2D eigenvalue weighted by Gasteiger charge is 2.32. The van der Waals surface area contributed by atoms with Crippen LogP contribution in [0.2, 0.25) is 10.0 Å². The average Bonchev–Trinajstić information content (AvgIpc) is 2.73. The van der Waals surface area contributed by atoms with Gasteiger partial charge in [-0.3, -0.25) is 9.59 Å². The van der Waals surface area contributed by atoms with Crippen molar-refractivity contribution >= 4 is 52.5 Å². The Morgan fingerprint density at radius 1 is 1.03 bits per heavy atom. The number of amides is 1. The SMILES string of the molecule is CC(C)C(C)(C)OC(=O)C(=O)CC(=O)N(Cc1ccc(Cl)c(Cl)c1)c1cccc(C(=O)O)c1. The molecule has 7 nitrogen and oxygen atoms in total. The van der Waals surface area contributed by atoms with Crippen LogP contribution in [0.1, 0.15) is 50.0 Å². The monoisotopic (exact) mass is 493 g/mol. The molecule has 1 amide bonds. The smallest absolute Gasteiger partial charge is 0.375 e. The van der Waals surface area contributed by atoms with Gasteiger partial charge in [-0.05, 0) is 55.7 Å². The molecule has 0 radical (unpaired) electrons. The number of hydrogen-bond acceptors (Lipinski definition) is 5. The van der Waals surface area contributed by atoms with Crippen molar-refractivity contribution in [3.05, 3.63) is 63.6 Å². The standard InChI is InChI=1S/C24H25Cl2NO6/c1-14(2)24(3,4)33-23(32)20(28)12-21(29)27(13-15-8-9-18(25)19(26)10-15)17-7-5-6-16(11-17)22(30)31/h5-11,14H,12-13H2,1-4H3,(H,30,31). The highest BCUT2D eigenvalue weighted by molar-refractivity contribution is 6.42. The summed E-state index contributed by atoms with van der Waals surface area (Å²) in [5.74, 6) is -4.02. The number of benzene rings is 2. The minimum Gasteiger partial charge on any atom is -0.478 e. The third kappa shape index (κ3) is 7.04. The molecule has 0 saturated heterocycles. The second-order valence-corrected chi connectivity index (χ2v) is 9.15. The van der Waals surface area contributed by atoms with Gasteiger partial charge < -0.3 is 14.7 Å². The Morgan fingerprint density at radius 3 is 2.27 bits per heavy atom. The number of carbonyl (C=O) groups is 4. The van der Waals surface area contributed by atoms with Crippen LogP contribution in [0, 0.1) is 5.92 Å². The van der Waals surface area contributed by atoms with Gasteiger partial charge in [-0.15, -0.1) is 0 Å². The van der Waals surface area contributed by atoms with E-state index in [0.717, 1.165) is 0 Å². The van der Waals surface area contributed by atoms with Gasteiger partial charge >= 0.3 is 11.9 Å². The number of anilines is 1. The first-order valence-corrected chi connectivity index (χ1v) is 10.9. The Balaban J connectivity index is 2.32. The van der Waals surface area contributed by atoms with Crippen LogP contribution in [0.25, 0.3) is 0 Å². The maximum atomic E-state index is 13.1. The zero-order chi connectivity index (χ0) is 24.9. The lowest BCUT2D eigenvalue weighted by atomic mass is 9.94. The number of ether oxygens (including phenoxy) is 1. The van der Waals surface area contributed by atoms with Crippen molar-refractivity contribution in [1.29, 1.82) is 0 Å². The number of esters is 1. The van der Waals surface area contributed by atoms with E-state index in [-0.39, 0.29) is 28.7 Å². The van der Waals surface area contributed by atoms with E-state index in [2.05, 4.69) is 0 Å². The Labute approximate surface area is 202 Å².